The number of aromatic nitrogens is 1. The third-order valence-electron chi connectivity index (χ3n) is 8.30. The van der Waals surface area contributed by atoms with Crippen LogP contribution in [0.15, 0.2) is 78.9 Å². The molecule has 0 unspecified atom stereocenters. The van der Waals surface area contributed by atoms with Crippen LogP contribution in [0.3, 0.4) is 0 Å². The van der Waals surface area contributed by atoms with Gasteiger partial charge in [0, 0.05) is 21.5 Å². The van der Waals surface area contributed by atoms with E-state index in [-0.39, 0.29) is 0 Å². The van der Waals surface area contributed by atoms with Crippen LogP contribution in [0.25, 0.3) is 60.3 Å². The minimum atomic E-state index is 0.622. The van der Waals surface area contributed by atoms with Gasteiger partial charge in [-0.2, -0.15) is 10.5 Å². The molecular formula is C36H25N3. The summed E-state index contributed by atoms with van der Waals surface area (Å²) in [4.78, 5) is 0. The Labute approximate surface area is 227 Å². The van der Waals surface area contributed by atoms with Crippen LogP contribution in [0.1, 0.15) is 33.4 Å². The highest BCUT2D eigenvalue weighted by Gasteiger charge is 2.26. The number of nitrogens with zero attached hydrogens (tertiary/aromatic N) is 3. The average Bonchev–Trinajstić information content (AvgIpc) is 3.44. The van der Waals surface area contributed by atoms with Gasteiger partial charge in [0.15, 0.2) is 0 Å². The van der Waals surface area contributed by atoms with Crippen LogP contribution in [0.2, 0.25) is 0 Å². The molecule has 0 aliphatic rings. The summed E-state index contributed by atoms with van der Waals surface area (Å²) in [7, 11) is 0. The van der Waals surface area contributed by atoms with Crippen LogP contribution < -0.4 is 0 Å². The molecule has 0 bridgehead atoms. The minimum absolute atomic E-state index is 0.622. The van der Waals surface area contributed by atoms with Crippen molar-refractivity contribution in [2.75, 3.05) is 0 Å². The molecule has 0 atom stereocenters. The molecular weight excluding hydrogens is 474 g/mol. The molecule has 184 valence electrons. The second-order valence-electron chi connectivity index (χ2n) is 10.6. The zero-order chi connectivity index (χ0) is 27.0. The number of hydrogen-bond acceptors (Lipinski definition) is 2. The third-order valence-corrected chi connectivity index (χ3v) is 8.30. The smallest absolute Gasteiger partial charge is 0.0992 e. The molecule has 0 saturated heterocycles. The Balaban J connectivity index is 1.85. The van der Waals surface area contributed by atoms with Crippen molar-refractivity contribution in [3.63, 3.8) is 0 Å². The second kappa shape index (κ2) is 8.19. The molecule has 39 heavy (non-hydrogen) atoms. The van der Waals surface area contributed by atoms with Crippen molar-refractivity contribution in [1.82, 2.24) is 4.40 Å². The van der Waals surface area contributed by atoms with Crippen LogP contribution in [0, 0.1) is 50.4 Å². The Morgan fingerprint density at radius 1 is 0.538 bits per heavy atom. The molecule has 0 saturated carbocycles. The topological polar surface area (TPSA) is 52.0 Å². The minimum Gasteiger partial charge on any atom is -0.308 e. The summed E-state index contributed by atoms with van der Waals surface area (Å²) in [5, 5.41) is 24.2. The summed E-state index contributed by atoms with van der Waals surface area (Å²) < 4.78 is 2.28. The molecule has 2 heterocycles. The second-order valence-corrected chi connectivity index (χ2v) is 10.6. The lowest BCUT2D eigenvalue weighted by atomic mass is 9.85. The molecule has 0 aliphatic heterocycles. The normalized spacial score (nSPS) is 11.5. The fourth-order valence-corrected chi connectivity index (χ4v) is 6.68. The standard InChI is InChI=1S/C36H25N3/c1-20-7-5-8-21(2)32(20)28-17-29(33-22(3)9-6-10-23(33)4)35-27-14-12-25(19-38)16-31(27)39-30-15-24(18-37)11-13-26(30)34(28)36(35)39/h5-17H,1-4H3. The van der Waals surface area contributed by atoms with E-state index in [1.54, 1.807) is 0 Å². The summed E-state index contributed by atoms with van der Waals surface area (Å²) in [6, 6.07) is 32.0. The van der Waals surface area contributed by atoms with E-state index >= 15 is 0 Å². The van der Waals surface area contributed by atoms with Crippen LogP contribution in [-0.2, 0) is 0 Å². The predicted octanol–water partition coefficient (Wildman–Crippen LogP) is 9.15. The molecule has 3 nitrogen and oxygen atoms in total. The van der Waals surface area contributed by atoms with Gasteiger partial charge in [-0.15, -0.1) is 0 Å². The first-order valence-electron chi connectivity index (χ1n) is 13.2. The molecule has 7 aromatic rings. The van der Waals surface area contributed by atoms with E-state index in [1.165, 1.54) is 55.3 Å². The molecule has 0 fully saturated rings. The van der Waals surface area contributed by atoms with E-state index < -0.39 is 0 Å². The maximum absolute atomic E-state index is 9.78. The van der Waals surface area contributed by atoms with Gasteiger partial charge >= 0.3 is 0 Å². The average molecular weight is 500 g/mol. The van der Waals surface area contributed by atoms with E-state index in [9.17, 15) is 10.5 Å². The van der Waals surface area contributed by atoms with Crippen LogP contribution in [0.5, 0.6) is 0 Å². The van der Waals surface area contributed by atoms with E-state index in [1.807, 2.05) is 24.3 Å². The van der Waals surface area contributed by atoms with E-state index in [0.717, 1.165) is 27.3 Å². The van der Waals surface area contributed by atoms with Gasteiger partial charge in [0.25, 0.3) is 0 Å². The maximum atomic E-state index is 9.78. The van der Waals surface area contributed by atoms with Crippen molar-refractivity contribution in [2.45, 2.75) is 27.7 Å². The van der Waals surface area contributed by atoms with Gasteiger partial charge in [0.1, 0.15) is 0 Å². The SMILES string of the molecule is Cc1cccc(C)c1-c1cc(-c2c(C)cccc2C)c2c3ccc(C#N)cc3n3c4cc(C#N)ccc4c1c23. The lowest BCUT2D eigenvalue weighted by molar-refractivity contribution is 1.35. The molecule has 0 spiro atoms. The highest BCUT2D eigenvalue weighted by Crippen LogP contribution is 2.49. The third kappa shape index (κ3) is 3.08. The molecule has 0 radical (unpaired) electrons. The van der Waals surface area contributed by atoms with Gasteiger partial charge < -0.3 is 4.40 Å². The Kier molecular flexibility index (Phi) is 4.84. The summed E-state index contributed by atoms with van der Waals surface area (Å²) in [5.74, 6) is 0. The van der Waals surface area contributed by atoms with E-state index in [0.29, 0.717) is 11.1 Å². The quantitative estimate of drug-likeness (QED) is 0.238. The lowest BCUT2D eigenvalue weighted by Crippen LogP contribution is -1.93. The molecule has 2 aromatic heterocycles. The summed E-state index contributed by atoms with van der Waals surface area (Å²) >= 11 is 0. The molecule has 7 rings (SSSR count). The molecule has 0 amide bonds. The van der Waals surface area contributed by atoms with Gasteiger partial charge in [-0.05, 0) is 103 Å². The zero-order valence-electron chi connectivity index (χ0n) is 22.3. The zero-order valence-corrected chi connectivity index (χ0v) is 22.3. The summed E-state index contributed by atoms with van der Waals surface area (Å²) in [6.45, 7) is 8.73. The van der Waals surface area contributed by atoms with Crippen LogP contribution >= 0.6 is 0 Å². The van der Waals surface area contributed by atoms with Gasteiger partial charge in [0.05, 0.1) is 39.8 Å². The maximum Gasteiger partial charge on any atom is 0.0992 e. The van der Waals surface area contributed by atoms with Crippen molar-refractivity contribution in [3.8, 4) is 34.4 Å². The highest BCUT2D eigenvalue weighted by molar-refractivity contribution is 6.30. The fraction of sp³-hybridized carbons (Fsp3) is 0.111. The van der Waals surface area contributed by atoms with Gasteiger partial charge in [-0.3, -0.25) is 0 Å². The van der Waals surface area contributed by atoms with E-state index in [2.05, 4.69) is 98.8 Å². The monoisotopic (exact) mass is 499 g/mol. The first kappa shape index (κ1) is 23.0. The van der Waals surface area contributed by atoms with Crippen molar-refractivity contribution < 1.29 is 0 Å². The van der Waals surface area contributed by atoms with Crippen molar-refractivity contribution in [1.29, 1.82) is 10.5 Å². The number of rotatable bonds is 2. The van der Waals surface area contributed by atoms with Crippen molar-refractivity contribution in [2.24, 2.45) is 0 Å². The number of benzene rings is 5. The van der Waals surface area contributed by atoms with Crippen LogP contribution in [-0.4, -0.2) is 4.40 Å². The molecule has 3 heteroatoms. The van der Waals surface area contributed by atoms with Crippen LogP contribution in [0.4, 0.5) is 0 Å². The number of aryl methyl sites for hydroxylation is 4. The highest BCUT2D eigenvalue weighted by atomic mass is 14.9. The first-order valence-corrected chi connectivity index (χ1v) is 13.2. The number of nitriles is 2. The van der Waals surface area contributed by atoms with Crippen molar-refractivity contribution >= 4 is 38.1 Å². The Morgan fingerprint density at radius 3 is 1.33 bits per heavy atom. The Hall–Kier alpha value is -5.12. The summed E-state index contributed by atoms with van der Waals surface area (Å²) in [5.41, 5.74) is 14.2. The van der Waals surface area contributed by atoms with E-state index in [4.69, 9.17) is 0 Å². The number of fused-ring (bicyclic) bond motifs is 6. The van der Waals surface area contributed by atoms with Gasteiger partial charge in [0.2, 0.25) is 0 Å². The van der Waals surface area contributed by atoms with Gasteiger partial charge in [-0.1, -0.05) is 48.5 Å². The fourth-order valence-electron chi connectivity index (χ4n) is 6.68. The predicted molar refractivity (Wildman–Crippen MR) is 160 cm³/mol. The largest absolute Gasteiger partial charge is 0.308 e. The lowest BCUT2D eigenvalue weighted by Gasteiger charge is -2.17. The number of hydrogen-bond donors (Lipinski definition) is 0. The summed E-state index contributed by atoms with van der Waals surface area (Å²) in [6.07, 6.45) is 0. The Morgan fingerprint density at radius 2 is 0.949 bits per heavy atom. The molecule has 5 aromatic carbocycles. The van der Waals surface area contributed by atoms with Gasteiger partial charge in [-0.25, -0.2) is 0 Å². The van der Waals surface area contributed by atoms with Crippen molar-refractivity contribution in [3.05, 3.63) is 112 Å². The molecule has 0 aliphatic carbocycles. The Bertz CT molecular complexity index is 2040. The first-order chi connectivity index (χ1) is 18.9. The molecule has 0 N–H and O–H groups in total.